The van der Waals surface area contributed by atoms with E-state index in [4.69, 9.17) is 12.2 Å². The number of aryl methyl sites for hydroxylation is 1. The Morgan fingerprint density at radius 3 is 2.25 bits per heavy atom. The molecule has 24 heavy (non-hydrogen) atoms. The van der Waals surface area contributed by atoms with Crippen LogP contribution in [0.3, 0.4) is 0 Å². The Kier molecular flexibility index (Phi) is 4.55. The average Bonchev–Trinajstić information content (AvgIpc) is 2.78. The minimum Gasteiger partial charge on any atom is -0.318 e. The molecular formula is C17H14IN3O2S. The van der Waals surface area contributed by atoms with Crippen LogP contribution in [0.25, 0.3) is 11.8 Å². The summed E-state index contributed by atoms with van der Waals surface area (Å²) in [6.07, 6.45) is 1.60. The molecule has 2 amide bonds. The fourth-order valence-electron chi connectivity index (χ4n) is 2.68. The van der Waals surface area contributed by atoms with Gasteiger partial charge in [0.1, 0.15) is 5.57 Å². The van der Waals surface area contributed by atoms with Gasteiger partial charge < -0.3 is 4.57 Å². The zero-order valence-corrected chi connectivity index (χ0v) is 16.0. The maximum Gasteiger partial charge on any atom is 0.263 e. The standard InChI is InChI=1S/C17H14IN3O2S/c1-9-7-11(8-14-15(22)19-17(24)20-16(14)23)10(2)21(9)13-5-3-12(18)4-6-13/h3-8H,1-2H3,(H2,19,20,22,23,24). The van der Waals surface area contributed by atoms with E-state index < -0.39 is 11.8 Å². The summed E-state index contributed by atoms with van der Waals surface area (Å²) in [7, 11) is 0. The Hall–Kier alpha value is -2.00. The van der Waals surface area contributed by atoms with Crippen LogP contribution in [-0.2, 0) is 9.59 Å². The molecule has 2 N–H and O–H groups in total. The van der Waals surface area contributed by atoms with Crippen LogP contribution in [0, 0.1) is 17.4 Å². The third-order valence-corrected chi connectivity index (χ3v) is 4.72. The minimum absolute atomic E-state index is 0.0338. The summed E-state index contributed by atoms with van der Waals surface area (Å²) in [6.45, 7) is 3.95. The third-order valence-electron chi connectivity index (χ3n) is 3.80. The molecule has 122 valence electrons. The van der Waals surface area contributed by atoms with Crippen LogP contribution < -0.4 is 10.6 Å². The van der Waals surface area contributed by atoms with Gasteiger partial charge in [0.05, 0.1) is 0 Å². The highest BCUT2D eigenvalue weighted by atomic mass is 127. The van der Waals surface area contributed by atoms with Gasteiger partial charge in [0, 0.05) is 20.6 Å². The van der Waals surface area contributed by atoms with E-state index in [2.05, 4.69) is 37.8 Å². The van der Waals surface area contributed by atoms with Gasteiger partial charge in [0.15, 0.2) is 5.11 Å². The Morgan fingerprint density at radius 2 is 1.67 bits per heavy atom. The van der Waals surface area contributed by atoms with Crippen LogP contribution >= 0.6 is 34.8 Å². The molecule has 2 aromatic rings. The molecule has 1 aromatic heterocycles. The van der Waals surface area contributed by atoms with Crippen molar-refractivity contribution in [3.05, 3.63) is 56.4 Å². The van der Waals surface area contributed by atoms with Crippen molar-refractivity contribution >= 4 is 57.8 Å². The normalized spacial score (nSPS) is 14.5. The second-order valence-corrected chi connectivity index (χ2v) is 7.09. The van der Waals surface area contributed by atoms with Crippen molar-refractivity contribution in [2.75, 3.05) is 0 Å². The quantitative estimate of drug-likeness (QED) is 0.320. The number of nitrogens with zero attached hydrogens (tertiary/aromatic N) is 1. The maximum absolute atomic E-state index is 12.0. The van der Waals surface area contributed by atoms with E-state index in [0.29, 0.717) is 0 Å². The van der Waals surface area contributed by atoms with E-state index in [9.17, 15) is 9.59 Å². The Bertz CT molecular complexity index is 875. The van der Waals surface area contributed by atoms with Gasteiger partial charge in [0.2, 0.25) is 0 Å². The van der Waals surface area contributed by atoms with Crippen molar-refractivity contribution < 1.29 is 9.59 Å². The van der Waals surface area contributed by atoms with Crippen molar-refractivity contribution in [3.8, 4) is 5.69 Å². The van der Waals surface area contributed by atoms with Crippen molar-refractivity contribution in [1.82, 2.24) is 15.2 Å². The number of hydrogen-bond donors (Lipinski definition) is 2. The summed E-state index contributed by atoms with van der Waals surface area (Å²) in [4.78, 5) is 24.0. The lowest BCUT2D eigenvalue weighted by Crippen LogP contribution is -2.51. The van der Waals surface area contributed by atoms with E-state index in [0.717, 1.165) is 26.2 Å². The maximum atomic E-state index is 12.0. The molecule has 7 heteroatoms. The highest BCUT2D eigenvalue weighted by molar-refractivity contribution is 14.1. The molecule has 1 aliphatic heterocycles. The van der Waals surface area contributed by atoms with Gasteiger partial charge in [0.25, 0.3) is 11.8 Å². The van der Waals surface area contributed by atoms with Gasteiger partial charge in [-0.3, -0.25) is 20.2 Å². The lowest BCUT2D eigenvalue weighted by molar-refractivity contribution is -0.123. The number of carbonyl (C=O) groups is 2. The molecule has 1 aliphatic rings. The van der Waals surface area contributed by atoms with E-state index in [1.807, 2.05) is 44.2 Å². The number of hydrogen-bond acceptors (Lipinski definition) is 3. The van der Waals surface area contributed by atoms with Crippen LogP contribution in [-0.4, -0.2) is 21.5 Å². The number of carbonyl (C=O) groups excluding carboxylic acids is 2. The van der Waals surface area contributed by atoms with Gasteiger partial charge in [-0.05, 0) is 90.6 Å². The summed E-state index contributed by atoms with van der Waals surface area (Å²) >= 11 is 7.07. The van der Waals surface area contributed by atoms with Gasteiger partial charge in [-0.25, -0.2) is 0 Å². The van der Waals surface area contributed by atoms with E-state index in [1.165, 1.54) is 0 Å². The second-order valence-electron chi connectivity index (χ2n) is 5.43. The fraction of sp³-hybridized carbons (Fsp3) is 0.118. The van der Waals surface area contributed by atoms with E-state index >= 15 is 0 Å². The predicted molar refractivity (Wildman–Crippen MR) is 105 cm³/mol. The third kappa shape index (κ3) is 3.13. The first kappa shape index (κ1) is 16.8. The molecule has 3 rings (SSSR count). The number of thiocarbonyl (C=S) groups is 1. The highest BCUT2D eigenvalue weighted by Gasteiger charge is 2.26. The molecule has 0 saturated carbocycles. The number of nitrogens with one attached hydrogen (secondary N) is 2. The molecule has 0 spiro atoms. The highest BCUT2D eigenvalue weighted by Crippen LogP contribution is 2.23. The van der Waals surface area contributed by atoms with Crippen LogP contribution in [0.4, 0.5) is 0 Å². The van der Waals surface area contributed by atoms with E-state index in [-0.39, 0.29) is 10.7 Å². The van der Waals surface area contributed by atoms with Crippen molar-refractivity contribution in [3.63, 3.8) is 0 Å². The summed E-state index contributed by atoms with van der Waals surface area (Å²) in [5, 5.41) is 4.92. The van der Waals surface area contributed by atoms with Crippen LogP contribution in [0.1, 0.15) is 17.0 Å². The molecule has 2 heterocycles. The van der Waals surface area contributed by atoms with Gasteiger partial charge >= 0.3 is 0 Å². The molecule has 0 bridgehead atoms. The van der Waals surface area contributed by atoms with Crippen molar-refractivity contribution in [2.45, 2.75) is 13.8 Å². The van der Waals surface area contributed by atoms with Gasteiger partial charge in [-0.2, -0.15) is 0 Å². The molecule has 1 aromatic carbocycles. The molecule has 0 unspecified atom stereocenters. The number of halogens is 1. The monoisotopic (exact) mass is 451 g/mol. The first-order valence-corrected chi connectivity index (χ1v) is 8.69. The predicted octanol–water partition coefficient (Wildman–Crippen LogP) is 2.61. The topological polar surface area (TPSA) is 63.1 Å². The molecule has 0 radical (unpaired) electrons. The summed E-state index contributed by atoms with van der Waals surface area (Å²) in [5.74, 6) is -0.967. The SMILES string of the molecule is Cc1cc(C=C2C(=O)NC(=S)NC2=O)c(C)n1-c1ccc(I)cc1. The molecular weight excluding hydrogens is 437 g/mol. The Labute approximate surface area is 158 Å². The van der Waals surface area contributed by atoms with Crippen LogP contribution in [0.15, 0.2) is 35.9 Å². The first-order valence-electron chi connectivity index (χ1n) is 7.20. The zero-order valence-electron chi connectivity index (χ0n) is 13.0. The summed E-state index contributed by atoms with van der Waals surface area (Å²) in [5.41, 5.74) is 3.88. The number of aromatic nitrogens is 1. The number of rotatable bonds is 2. The second kappa shape index (κ2) is 6.48. The zero-order chi connectivity index (χ0) is 17.4. The number of amides is 2. The molecule has 1 saturated heterocycles. The smallest absolute Gasteiger partial charge is 0.263 e. The van der Waals surface area contributed by atoms with Crippen LogP contribution in [0.5, 0.6) is 0 Å². The first-order chi connectivity index (χ1) is 11.4. The summed E-state index contributed by atoms with van der Waals surface area (Å²) in [6, 6.07) is 10.1. The lowest BCUT2D eigenvalue weighted by atomic mass is 10.1. The molecule has 1 fully saturated rings. The lowest BCUT2D eigenvalue weighted by Gasteiger charge is -2.16. The Morgan fingerprint density at radius 1 is 1.08 bits per heavy atom. The largest absolute Gasteiger partial charge is 0.318 e. The minimum atomic E-state index is -0.484. The van der Waals surface area contributed by atoms with Crippen molar-refractivity contribution in [2.24, 2.45) is 0 Å². The van der Waals surface area contributed by atoms with Gasteiger partial charge in [-0.1, -0.05) is 0 Å². The summed E-state index contributed by atoms with van der Waals surface area (Å²) < 4.78 is 3.25. The molecule has 5 nitrogen and oxygen atoms in total. The fourth-order valence-corrected chi connectivity index (χ4v) is 3.23. The Balaban J connectivity index is 2.05. The van der Waals surface area contributed by atoms with Crippen molar-refractivity contribution in [1.29, 1.82) is 0 Å². The molecule has 0 aliphatic carbocycles. The average molecular weight is 451 g/mol. The number of benzene rings is 1. The van der Waals surface area contributed by atoms with Crippen LogP contribution in [0.2, 0.25) is 0 Å². The molecule has 0 atom stereocenters. The van der Waals surface area contributed by atoms with Gasteiger partial charge in [-0.15, -0.1) is 0 Å². The van der Waals surface area contributed by atoms with E-state index in [1.54, 1.807) is 6.08 Å².